The standard InChI is InChI=1S/C16H19F3N4O/c1-4-11(3)21-15-20-9-10(2)14(23-15)22-12-6-5-7-13(8-12)24-16(17,18)19/h5-9,11H,4H2,1-3H3,(H2,20,21,22,23). The number of benzene rings is 1. The van der Waals surface area contributed by atoms with Crippen molar-refractivity contribution in [2.75, 3.05) is 10.6 Å². The topological polar surface area (TPSA) is 59.1 Å². The highest BCUT2D eigenvalue weighted by atomic mass is 19.4. The van der Waals surface area contributed by atoms with Crippen LogP contribution in [-0.4, -0.2) is 22.4 Å². The lowest BCUT2D eigenvalue weighted by Gasteiger charge is -2.14. The molecule has 0 aliphatic rings. The zero-order valence-electron chi connectivity index (χ0n) is 13.6. The van der Waals surface area contributed by atoms with Crippen LogP contribution >= 0.6 is 0 Å². The number of hydrogen-bond acceptors (Lipinski definition) is 5. The van der Waals surface area contributed by atoms with Gasteiger partial charge in [-0.3, -0.25) is 0 Å². The van der Waals surface area contributed by atoms with E-state index in [1.165, 1.54) is 18.2 Å². The molecule has 0 radical (unpaired) electrons. The minimum absolute atomic E-state index is 0.212. The number of anilines is 3. The van der Waals surface area contributed by atoms with Gasteiger partial charge >= 0.3 is 6.36 Å². The van der Waals surface area contributed by atoms with Gasteiger partial charge in [0, 0.05) is 29.6 Å². The highest BCUT2D eigenvalue weighted by Crippen LogP contribution is 2.27. The summed E-state index contributed by atoms with van der Waals surface area (Å²) in [6.45, 7) is 5.86. The lowest BCUT2D eigenvalue weighted by molar-refractivity contribution is -0.274. The van der Waals surface area contributed by atoms with Gasteiger partial charge in [-0.15, -0.1) is 13.2 Å². The molecule has 1 aromatic carbocycles. The number of hydrogen-bond donors (Lipinski definition) is 2. The summed E-state index contributed by atoms with van der Waals surface area (Å²) in [5, 5.41) is 6.14. The first-order chi connectivity index (χ1) is 11.3. The summed E-state index contributed by atoms with van der Waals surface area (Å²) >= 11 is 0. The highest BCUT2D eigenvalue weighted by molar-refractivity contribution is 5.61. The molecule has 0 aliphatic carbocycles. The van der Waals surface area contributed by atoms with E-state index < -0.39 is 6.36 Å². The van der Waals surface area contributed by atoms with E-state index in [-0.39, 0.29) is 11.8 Å². The number of ether oxygens (including phenoxy) is 1. The molecule has 5 nitrogen and oxygen atoms in total. The summed E-state index contributed by atoms with van der Waals surface area (Å²) in [6, 6.07) is 5.81. The first-order valence-corrected chi connectivity index (χ1v) is 7.50. The van der Waals surface area contributed by atoms with Crippen molar-refractivity contribution >= 4 is 17.5 Å². The number of aromatic nitrogens is 2. The predicted molar refractivity (Wildman–Crippen MR) is 86.6 cm³/mol. The Morgan fingerprint density at radius 3 is 2.71 bits per heavy atom. The quantitative estimate of drug-likeness (QED) is 0.802. The molecule has 8 heteroatoms. The molecule has 1 unspecified atom stereocenters. The van der Waals surface area contributed by atoms with Crippen LogP contribution in [0.25, 0.3) is 0 Å². The minimum Gasteiger partial charge on any atom is -0.406 e. The maximum Gasteiger partial charge on any atom is 0.573 e. The molecule has 0 bridgehead atoms. The van der Waals surface area contributed by atoms with Crippen LogP contribution in [0.5, 0.6) is 5.75 Å². The number of aryl methyl sites for hydroxylation is 1. The highest BCUT2D eigenvalue weighted by Gasteiger charge is 2.31. The van der Waals surface area contributed by atoms with Gasteiger partial charge in [-0.25, -0.2) is 4.98 Å². The van der Waals surface area contributed by atoms with Crippen LogP contribution in [0.3, 0.4) is 0 Å². The van der Waals surface area contributed by atoms with E-state index in [0.717, 1.165) is 12.0 Å². The van der Waals surface area contributed by atoms with Crippen molar-refractivity contribution in [2.45, 2.75) is 39.6 Å². The predicted octanol–water partition coefficient (Wildman–Crippen LogP) is 4.64. The molecule has 1 heterocycles. The third-order valence-electron chi connectivity index (χ3n) is 3.29. The Kier molecular flexibility index (Phi) is 5.48. The van der Waals surface area contributed by atoms with E-state index >= 15 is 0 Å². The van der Waals surface area contributed by atoms with Crippen LogP contribution in [-0.2, 0) is 0 Å². The molecule has 1 aromatic heterocycles. The molecular formula is C16H19F3N4O. The van der Waals surface area contributed by atoms with Gasteiger partial charge in [-0.1, -0.05) is 13.0 Å². The van der Waals surface area contributed by atoms with Crippen LogP contribution in [0.1, 0.15) is 25.8 Å². The number of nitrogens with one attached hydrogen (secondary N) is 2. The molecule has 2 N–H and O–H groups in total. The summed E-state index contributed by atoms with van der Waals surface area (Å²) in [4.78, 5) is 8.56. The molecule has 0 saturated carbocycles. The zero-order chi connectivity index (χ0) is 17.7. The second-order valence-electron chi connectivity index (χ2n) is 5.38. The van der Waals surface area contributed by atoms with Crippen molar-refractivity contribution in [3.05, 3.63) is 36.0 Å². The second kappa shape index (κ2) is 7.37. The summed E-state index contributed by atoms with van der Waals surface area (Å²) < 4.78 is 40.8. The summed E-state index contributed by atoms with van der Waals surface area (Å²) in [6.07, 6.45) is -2.16. The fourth-order valence-electron chi connectivity index (χ4n) is 1.87. The van der Waals surface area contributed by atoms with Crippen molar-refractivity contribution < 1.29 is 17.9 Å². The lowest BCUT2D eigenvalue weighted by Crippen LogP contribution is -2.17. The summed E-state index contributed by atoms with van der Waals surface area (Å²) in [5.74, 6) is 0.678. The van der Waals surface area contributed by atoms with Crippen molar-refractivity contribution in [1.82, 2.24) is 9.97 Å². The molecule has 130 valence electrons. The van der Waals surface area contributed by atoms with Gasteiger partial charge in [0.2, 0.25) is 5.95 Å². The van der Waals surface area contributed by atoms with Crippen molar-refractivity contribution in [3.8, 4) is 5.75 Å². The van der Waals surface area contributed by atoms with E-state index in [9.17, 15) is 13.2 Å². The van der Waals surface area contributed by atoms with Crippen LogP contribution in [0.15, 0.2) is 30.5 Å². The fraction of sp³-hybridized carbons (Fsp3) is 0.375. The van der Waals surface area contributed by atoms with E-state index in [1.54, 1.807) is 12.3 Å². The van der Waals surface area contributed by atoms with E-state index in [2.05, 4.69) is 25.3 Å². The first kappa shape index (κ1) is 17.8. The molecule has 0 amide bonds. The van der Waals surface area contributed by atoms with E-state index in [1.807, 2.05) is 20.8 Å². The van der Waals surface area contributed by atoms with E-state index in [0.29, 0.717) is 17.5 Å². The molecule has 2 aromatic rings. The largest absolute Gasteiger partial charge is 0.573 e. The average Bonchev–Trinajstić information content (AvgIpc) is 2.49. The maximum atomic E-state index is 12.3. The summed E-state index contributed by atoms with van der Waals surface area (Å²) in [5.41, 5.74) is 1.21. The fourth-order valence-corrected chi connectivity index (χ4v) is 1.87. The molecule has 0 saturated heterocycles. The van der Waals surface area contributed by atoms with Crippen LogP contribution in [0.2, 0.25) is 0 Å². The molecule has 24 heavy (non-hydrogen) atoms. The lowest BCUT2D eigenvalue weighted by atomic mass is 10.2. The smallest absolute Gasteiger partial charge is 0.406 e. The van der Waals surface area contributed by atoms with Crippen molar-refractivity contribution in [3.63, 3.8) is 0 Å². The molecule has 0 aliphatic heterocycles. The Bertz CT molecular complexity index is 691. The SMILES string of the molecule is CCC(C)Nc1ncc(C)c(Nc2cccc(OC(F)(F)F)c2)n1. The molecular weight excluding hydrogens is 321 g/mol. The second-order valence-corrected chi connectivity index (χ2v) is 5.38. The first-order valence-electron chi connectivity index (χ1n) is 7.50. The number of rotatable bonds is 6. The Morgan fingerprint density at radius 1 is 1.29 bits per heavy atom. The van der Waals surface area contributed by atoms with Crippen LogP contribution < -0.4 is 15.4 Å². The monoisotopic (exact) mass is 340 g/mol. The molecule has 1 atom stereocenters. The zero-order valence-corrected chi connectivity index (χ0v) is 13.6. The van der Waals surface area contributed by atoms with Gasteiger partial charge in [0.15, 0.2) is 0 Å². The maximum absolute atomic E-state index is 12.3. The summed E-state index contributed by atoms with van der Waals surface area (Å²) in [7, 11) is 0. The molecule has 2 rings (SSSR count). The number of halogens is 3. The molecule has 0 fully saturated rings. The minimum atomic E-state index is -4.73. The molecule has 0 spiro atoms. The van der Waals surface area contributed by atoms with Gasteiger partial charge in [0.25, 0.3) is 0 Å². The average molecular weight is 340 g/mol. The van der Waals surface area contributed by atoms with Gasteiger partial charge in [-0.05, 0) is 32.4 Å². The third kappa shape index (κ3) is 5.29. The third-order valence-corrected chi connectivity index (χ3v) is 3.29. The Labute approximate surface area is 138 Å². The van der Waals surface area contributed by atoms with Gasteiger partial charge in [0.05, 0.1) is 0 Å². The Morgan fingerprint density at radius 2 is 2.04 bits per heavy atom. The normalized spacial score (nSPS) is 12.6. The Balaban J connectivity index is 2.18. The number of alkyl halides is 3. The van der Waals surface area contributed by atoms with Crippen molar-refractivity contribution in [2.24, 2.45) is 0 Å². The van der Waals surface area contributed by atoms with Gasteiger partial charge < -0.3 is 15.4 Å². The number of nitrogens with zero attached hydrogens (tertiary/aromatic N) is 2. The van der Waals surface area contributed by atoms with Gasteiger partial charge in [0.1, 0.15) is 11.6 Å². The van der Waals surface area contributed by atoms with E-state index in [4.69, 9.17) is 0 Å². The Hall–Kier alpha value is -2.51. The van der Waals surface area contributed by atoms with Crippen LogP contribution in [0, 0.1) is 6.92 Å². The van der Waals surface area contributed by atoms with Crippen molar-refractivity contribution in [1.29, 1.82) is 0 Å². The van der Waals surface area contributed by atoms with Crippen LogP contribution in [0.4, 0.5) is 30.6 Å². The van der Waals surface area contributed by atoms with Gasteiger partial charge in [-0.2, -0.15) is 4.98 Å².